The molecular formula is C18H26N6O4. The second kappa shape index (κ2) is 8.09. The molecule has 0 aromatic carbocycles. The third-order valence-corrected chi connectivity index (χ3v) is 4.99. The Morgan fingerprint density at radius 2 is 2.11 bits per heavy atom. The summed E-state index contributed by atoms with van der Waals surface area (Å²) in [6, 6.07) is -0.942. The molecule has 1 fully saturated rings. The lowest BCUT2D eigenvalue weighted by atomic mass is 10.2. The van der Waals surface area contributed by atoms with E-state index in [2.05, 4.69) is 20.7 Å². The number of hydrogen-bond donors (Lipinski definition) is 3. The predicted molar refractivity (Wildman–Crippen MR) is 102 cm³/mol. The first-order valence-corrected chi connectivity index (χ1v) is 9.56. The minimum atomic E-state index is -0.935. The van der Waals surface area contributed by atoms with Crippen LogP contribution in [-0.2, 0) is 36.0 Å². The number of aromatic nitrogens is 4. The molecular weight excluding hydrogens is 364 g/mol. The van der Waals surface area contributed by atoms with Crippen molar-refractivity contribution in [1.29, 1.82) is 0 Å². The van der Waals surface area contributed by atoms with Crippen LogP contribution in [0.5, 0.6) is 0 Å². The highest BCUT2D eigenvalue weighted by Crippen LogP contribution is 2.15. The Morgan fingerprint density at radius 3 is 2.71 bits per heavy atom. The van der Waals surface area contributed by atoms with Gasteiger partial charge >= 0.3 is 5.97 Å². The second-order valence-corrected chi connectivity index (χ2v) is 7.09. The van der Waals surface area contributed by atoms with Crippen molar-refractivity contribution in [3.05, 3.63) is 21.9 Å². The van der Waals surface area contributed by atoms with Crippen LogP contribution in [0.1, 0.15) is 38.2 Å². The number of amides is 1. The highest BCUT2D eigenvalue weighted by atomic mass is 16.4. The van der Waals surface area contributed by atoms with E-state index < -0.39 is 12.0 Å². The van der Waals surface area contributed by atoms with Gasteiger partial charge < -0.3 is 15.7 Å². The lowest BCUT2D eigenvalue weighted by Crippen LogP contribution is -2.41. The molecule has 3 rings (SSSR count). The molecule has 3 N–H and O–H groups in total. The smallest absolute Gasteiger partial charge is 0.320 e. The number of carboxylic acid groups (broad SMARTS) is 1. The average molecular weight is 390 g/mol. The van der Waals surface area contributed by atoms with Gasteiger partial charge in [-0.2, -0.15) is 5.10 Å². The van der Waals surface area contributed by atoms with E-state index >= 15 is 0 Å². The van der Waals surface area contributed by atoms with Crippen LogP contribution >= 0.6 is 0 Å². The minimum Gasteiger partial charge on any atom is -0.480 e. The lowest BCUT2D eigenvalue weighted by Gasteiger charge is -2.15. The second-order valence-electron chi connectivity index (χ2n) is 7.09. The Balaban J connectivity index is 1.85. The first kappa shape index (κ1) is 20.0. The van der Waals surface area contributed by atoms with E-state index in [4.69, 9.17) is 5.11 Å². The summed E-state index contributed by atoms with van der Waals surface area (Å²) in [5.74, 6) is -0.743. The maximum atomic E-state index is 13.1. The van der Waals surface area contributed by atoms with Gasteiger partial charge in [-0.15, -0.1) is 0 Å². The van der Waals surface area contributed by atoms with E-state index in [9.17, 15) is 14.4 Å². The summed E-state index contributed by atoms with van der Waals surface area (Å²) in [7, 11) is 1.71. The number of carboxylic acids is 1. The van der Waals surface area contributed by atoms with Gasteiger partial charge in [0, 0.05) is 26.1 Å². The summed E-state index contributed by atoms with van der Waals surface area (Å²) in [6.07, 6.45) is 2.45. The summed E-state index contributed by atoms with van der Waals surface area (Å²) in [4.78, 5) is 41.2. The number of aliphatic carboxylic acids is 1. The molecule has 152 valence electrons. The SMILES string of the molecule is CCCc1nn(C)c2c(=O)n(CC(=O)N[C@@H]3CN[C@H](C(=O)O)C3)c(CC)nc12. The highest BCUT2D eigenvalue weighted by molar-refractivity contribution is 5.79. The zero-order chi connectivity index (χ0) is 20.4. The number of rotatable bonds is 7. The van der Waals surface area contributed by atoms with Crippen LogP contribution in [0.25, 0.3) is 11.0 Å². The highest BCUT2D eigenvalue weighted by Gasteiger charge is 2.30. The average Bonchev–Trinajstić information content (AvgIpc) is 3.22. The fourth-order valence-corrected chi connectivity index (χ4v) is 3.65. The predicted octanol–water partition coefficient (Wildman–Crippen LogP) is -0.424. The number of nitrogens with one attached hydrogen (secondary N) is 2. The molecule has 0 bridgehead atoms. The molecule has 0 radical (unpaired) electrons. The Labute approximate surface area is 161 Å². The van der Waals surface area contributed by atoms with Gasteiger partial charge in [0.2, 0.25) is 5.91 Å². The normalized spacial score (nSPS) is 19.2. The minimum absolute atomic E-state index is 0.159. The van der Waals surface area contributed by atoms with E-state index in [1.807, 2.05) is 13.8 Å². The van der Waals surface area contributed by atoms with Crippen LogP contribution < -0.4 is 16.2 Å². The first-order valence-electron chi connectivity index (χ1n) is 9.56. The van der Waals surface area contributed by atoms with Gasteiger partial charge in [0.1, 0.15) is 23.9 Å². The summed E-state index contributed by atoms with van der Waals surface area (Å²) >= 11 is 0. The van der Waals surface area contributed by atoms with E-state index in [0.29, 0.717) is 36.2 Å². The van der Waals surface area contributed by atoms with Crippen molar-refractivity contribution in [2.24, 2.45) is 7.05 Å². The third kappa shape index (κ3) is 3.77. The first-order chi connectivity index (χ1) is 13.3. The van der Waals surface area contributed by atoms with Crippen molar-refractivity contribution < 1.29 is 14.7 Å². The molecule has 10 nitrogen and oxygen atoms in total. The van der Waals surface area contributed by atoms with Crippen molar-refractivity contribution in [3.63, 3.8) is 0 Å². The molecule has 28 heavy (non-hydrogen) atoms. The maximum Gasteiger partial charge on any atom is 0.320 e. The number of hydrogen-bond acceptors (Lipinski definition) is 6. The molecule has 0 aliphatic carbocycles. The van der Waals surface area contributed by atoms with Crippen molar-refractivity contribution in [2.75, 3.05) is 6.54 Å². The Morgan fingerprint density at radius 1 is 1.36 bits per heavy atom. The monoisotopic (exact) mass is 390 g/mol. The molecule has 3 heterocycles. The summed E-state index contributed by atoms with van der Waals surface area (Å²) in [6.45, 7) is 4.15. The number of carbonyl (C=O) groups excluding carboxylic acids is 1. The van der Waals surface area contributed by atoms with Crippen LogP contribution in [0.4, 0.5) is 0 Å². The quantitative estimate of drug-likeness (QED) is 0.585. The lowest BCUT2D eigenvalue weighted by molar-refractivity contribution is -0.139. The summed E-state index contributed by atoms with van der Waals surface area (Å²) < 4.78 is 2.91. The number of fused-ring (bicyclic) bond motifs is 1. The molecule has 10 heteroatoms. The van der Waals surface area contributed by atoms with Crippen LogP contribution in [0.3, 0.4) is 0 Å². The van der Waals surface area contributed by atoms with Gasteiger partial charge in [-0.3, -0.25) is 23.6 Å². The van der Waals surface area contributed by atoms with Gasteiger partial charge in [-0.1, -0.05) is 20.3 Å². The molecule has 0 spiro atoms. The summed E-state index contributed by atoms with van der Waals surface area (Å²) in [5.41, 5.74) is 1.50. The zero-order valence-electron chi connectivity index (χ0n) is 16.4. The summed E-state index contributed by atoms with van der Waals surface area (Å²) in [5, 5.41) is 19.1. The molecule has 2 aromatic heterocycles. The van der Waals surface area contributed by atoms with Crippen molar-refractivity contribution in [2.45, 2.75) is 58.2 Å². The van der Waals surface area contributed by atoms with Gasteiger partial charge in [-0.25, -0.2) is 4.98 Å². The molecule has 2 aromatic rings. The molecule has 1 saturated heterocycles. The number of nitrogens with zero attached hydrogens (tertiary/aromatic N) is 4. The van der Waals surface area contributed by atoms with Gasteiger partial charge in [0.05, 0.1) is 5.69 Å². The molecule has 2 atom stereocenters. The van der Waals surface area contributed by atoms with E-state index in [1.165, 1.54) is 9.25 Å². The van der Waals surface area contributed by atoms with Gasteiger partial charge in [0.25, 0.3) is 5.56 Å². The largest absolute Gasteiger partial charge is 0.480 e. The Hall–Kier alpha value is -2.75. The standard InChI is InChI=1S/C18H26N6O4/c1-4-6-11-15-16(23(3)22-11)17(26)24(13(5-2)21-15)9-14(25)20-10-7-12(18(27)28)19-8-10/h10,12,19H,4-9H2,1-3H3,(H,20,25)(H,27,28)/t10-,12-/m0/s1. The van der Waals surface area contributed by atoms with Crippen molar-refractivity contribution in [3.8, 4) is 0 Å². The van der Waals surface area contributed by atoms with E-state index in [-0.39, 0.29) is 24.1 Å². The van der Waals surface area contributed by atoms with Crippen LogP contribution in [0.15, 0.2) is 4.79 Å². The zero-order valence-corrected chi connectivity index (χ0v) is 16.4. The Bertz CT molecular complexity index is 963. The maximum absolute atomic E-state index is 13.1. The van der Waals surface area contributed by atoms with Crippen molar-refractivity contribution in [1.82, 2.24) is 30.0 Å². The molecule has 1 amide bonds. The van der Waals surface area contributed by atoms with Gasteiger partial charge in [-0.05, 0) is 12.8 Å². The van der Waals surface area contributed by atoms with E-state index in [0.717, 1.165) is 18.5 Å². The van der Waals surface area contributed by atoms with Crippen LogP contribution in [0.2, 0.25) is 0 Å². The van der Waals surface area contributed by atoms with Crippen molar-refractivity contribution >= 4 is 22.9 Å². The fraction of sp³-hybridized carbons (Fsp3) is 0.611. The molecule has 0 saturated carbocycles. The molecule has 1 aliphatic heterocycles. The van der Waals surface area contributed by atoms with Gasteiger partial charge in [0.15, 0.2) is 5.52 Å². The molecule has 1 aliphatic rings. The third-order valence-electron chi connectivity index (χ3n) is 4.99. The number of carbonyl (C=O) groups is 2. The molecule has 0 unspecified atom stereocenters. The van der Waals surface area contributed by atoms with Crippen LogP contribution in [-0.4, -0.2) is 54.9 Å². The fourth-order valence-electron chi connectivity index (χ4n) is 3.65. The van der Waals surface area contributed by atoms with E-state index in [1.54, 1.807) is 7.05 Å². The topological polar surface area (TPSA) is 131 Å². The van der Waals surface area contributed by atoms with Crippen LogP contribution in [0, 0.1) is 0 Å². The number of aryl methyl sites for hydroxylation is 3. The Kier molecular flexibility index (Phi) is 5.78.